The van der Waals surface area contributed by atoms with Gasteiger partial charge in [-0.1, -0.05) is 15.9 Å². The average molecular weight is 285 g/mol. The summed E-state index contributed by atoms with van der Waals surface area (Å²) in [5.74, 6) is 0.692. The van der Waals surface area contributed by atoms with Crippen LogP contribution < -0.4 is 15.4 Å². The highest BCUT2D eigenvalue weighted by Crippen LogP contribution is 2.29. The van der Waals surface area contributed by atoms with Crippen LogP contribution in [0.4, 0.5) is 5.69 Å². The molecule has 0 aliphatic carbocycles. The van der Waals surface area contributed by atoms with E-state index in [0.29, 0.717) is 13.0 Å². The first-order valence-corrected chi connectivity index (χ1v) is 5.82. The Bertz CT molecular complexity index is 422. The molecule has 1 atom stereocenters. The molecule has 1 aromatic carbocycles. The van der Waals surface area contributed by atoms with Crippen molar-refractivity contribution < 1.29 is 9.53 Å². The molecule has 2 N–H and O–H groups in total. The molecule has 0 aromatic heterocycles. The lowest BCUT2D eigenvalue weighted by Gasteiger charge is -2.17. The first kappa shape index (κ1) is 11.4. The zero-order valence-corrected chi connectivity index (χ0v) is 10.5. The number of benzene rings is 1. The zero-order chi connectivity index (χ0) is 11.7. The monoisotopic (exact) mass is 284 g/mol. The van der Waals surface area contributed by atoms with E-state index in [1.807, 2.05) is 18.2 Å². The predicted octanol–water partition coefficient (Wildman–Crippen LogP) is 1.52. The van der Waals surface area contributed by atoms with E-state index < -0.39 is 0 Å². The lowest BCUT2D eigenvalue weighted by atomic mass is 10.2. The van der Waals surface area contributed by atoms with Crippen molar-refractivity contribution in [2.24, 2.45) is 5.73 Å². The maximum Gasteiger partial charge on any atom is 0.243 e. The van der Waals surface area contributed by atoms with Crippen molar-refractivity contribution in [3.05, 3.63) is 22.7 Å². The number of carbonyl (C=O) groups excluding carboxylic acids is 1. The van der Waals surface area contributed by atoms with Gasteiger partial charge in [0.1, 0.15) is 5.75 Å². The second-order valence-corrected chi connectivity index (χ2v) is 4.65. The number of hydrogen-bond donors (Lipinski definition) is 1. The Morgan fingerprint density at radius 3 is 2.81 bits per heavy atom. The average Bonchev–Trinajstić information content (AvgIpc) is 2.59. The van der Waals surface area contributed by atoms with Gasteiger partial charge in [0.15, 0.2) is 0 Å². The first-order valence-electron chi connectivity index (χ1n) is 5.03. The predicted molar refractivity (Wildman–Crippen MR) is 65.6 cm³/mol. The van der Waals surface area contributed by atoms with E-state index in [1.165, 1.54) is 0 Å². The summed E-state index contributed by atoms with van der Waals surface area (Å²) < 4.78 is 6.04. The summed E-state index contributed by atoms with van der Waals surface area (Å²) in [5, 5.41) is 0. The molecule has 1 saturated heterocycles. The Kier molecular flexibility index (Phi) is 3.16. The topological polar surface area (TPSA) is 55.6 Å². The summed E-state index contributed by atoms with van der Waals surface area (Å²) in [5.41, 5.74) is 6.50. The van der Waals surface area contributed by atoms with Gasteiger partial charge in [-0.15, -0.1) is 0 Å². The summed E-state index contributed by atoms with van der Waals surface area (Å²) in [7, 11) is 1.60. The van der Waals surface area contributed by atoms with Crippen LogP contribution in [0.2, 0.25) is 0 Å². The Balaban J connectivity index is 2.33. The van der Waals surface area contributed by atoms with Gasteiger partial charge in [0, 0.05) is 22.8 Å². The Hall–Kier alpha value is -1.07. The van der Waals surface area contributed by atoms with E-state index in [9.17, 15) is 4.79 Å². The van der Waals surface area contributed by atoms with E-state index in [0.717, 1.165) is 15.9 Å². The number of halogens is 1. The minimum absolute atomic E-state index is 0.0276. The van der Waals surface area contributed by atoms with Crippen LogP contribution in [0.15, 0.2) is 22.7 Å². The van der Waals surface area contributed by atoms with Crippen LogP contribution in [0.1, 0.15) is 6.42 Å². The van der Waals surface area contributed by atoms with Crippen LogP contribution >= 0.6 is 15.9 Å². The number of amides is 1. The molecule has 2 rings (SSSR count). The number of hydrogen-bond acceptors (Lipinski definition) is 3. The molecule has 0 saturated carbocycles. The standard InChI is InChI=1S/C11H13BrN2O2/c1-16-9-5-7(12)4-8(6-9)14-3-2-10(13)11(14)15/h4-6,10H,2-3,13H2,1H3. The smallest absolute Gasteiger partial charge is 0.243 e. The highest BCUT2D eigenvalue weighted by molar-refractivity contribution is 9.10. The third-order valence-electron chi connectivity index (χ3n) is 2.65. The van der Waals surface area contributed by atoms with Gasteiger partial charge in [-0.25, -0.2) is 0 Å². The number of anilines is 1. The number of carbonyl (C=O) groups is 1. The van der Waals surface area contributed by atoms with Crippen molar-refractivity contribution in [2.75, 3.05) is 18.6 Å². The fraction of sp³-hybridized carbons (Fsp3) is 0.364. The van der Waals surface area contributed by atoms with Gasteiger partial charge in [0.05, 0.1) is 13.2 Å². The van der Waals surface area contributed by atoms with Crippen molar-refractivity contribution >= 4 is 27.5 Å². The van der Waals surface area contributed by atoms with Gasteiger partial charge in [0.2, 0.25) is 5.91 Å². The third-order valence-corrected chi connectivity index (χ3v) is 3.11. The lowest BCUT2D eigenvalue weighted by Crippen LogP contribution is -2.33. The van der Waals surface area contributed by atoms with Crippen LogP contribution in [0.3, 0.4) is 0 Å². The maximum absolute atomic E-state index is 11.8. The van der Waals surface area contributed by atoms with Gasteiger partial charge in [-0.2, -0.15) is 0 Å². The van der Waals surface area contributed by atoms with Crippen LogP contribution in [0.5, 0.6) is 5.75 Å². The molecule has 1 aromatic rings. The van der Waals surface area contributed by atoms with Gasteiger partial charge in [0.25, 0.3) is 0 Å². The summed E-state index contributed by atoms with van der Waals surface area (Å²) in [6, 6.07) is 5.20. The minimum atomic E-state index is -0.370. The molecule has 0 radical (unpaired) electrons. The molecule has 4 nitrogen and oxygen atoms in total. The van der Waals surface area contributed by atoms with Gasteiger partial charge in [-0.3, -0.25) is 4.79 Å². The largest absolute Gasteiger partial charge is 0.497 e. The SMILES string of the molecule is COc1cc(Br)cc(N2CCC(N)C2=O)c1. The van der Waals surface area contributed by atoms with E-state index in [4.69, 9.17) is 10.5 Å². The summed E-state index contributed by atoms with van der Waals surface area (Å²) in [4.78, 5) is 13.5. The quantitative estimate of drug-likeness (QED) is 0.896. The fourth-order valence-electron chi connectivity index (χ4n) is 1.78. The molecule has 0 spiro atoms. The molecule has 1 unspecified atom stereocenters. The van der Waals surface area contributed by atoms with Crippen LogP contribution in [-0.2, 0) is 4.79 Å². The Morgan fingerprint density at radius 2 is 2.25 bits per heavy atom. The first-order chi connectivity index (χ1) is 7.61. The lowest BCUT2D eigenvalue weighted by molar-refractivity contribution is -0.118. The van der Waals surface area contributed by atoms with E-state index in [-0.39, 0.29) is 11.9 Å². The highest BCUT2D eigenvalue weighted by Gasteiger charge is 2.29. The van der Waals surface area contributed by atoms with Crippen LogP contribution in [0.25, 0.3) is 0 Å². The normalized spacial score (nSPS) is 20.3. The number of rotatable bonds is 2. The summed E-state index contributed by atoms with van der Waals surface area (Å²) in [6.07, 6.45) is 0.702. The highest BCUT2D eigenvalue weighted by atomic mass is 79.9. The fourth-order valence-corrected chi connectivity index (χ4v) is 2.24. The minimum Gasteiger partial charge on any atom is -0.497 e. The van der Waals surface area contributed by atoms with E-state index >= 15 is 0 Å². The van der Waals surface area contributed by atoms with Crippen molar-refractivity contribution in [1.29, 1.82) is 0 Å². The van der Waals surface area contributed by atoms with Crippen molar-refractivity contribution in [2.45, 2.75) is 12.5 Å². The molecule has 1 heterocycles. The van der Waals surface area contributed by atoms with Crippen molar-refractivity contribution in [3.8, 4) is 5.75 Å². The summed E-state index contributed by atoms with van der Waals surface area (Å²) >= 11 is 3.39. The van der Waals surface area contributed by atoms with Gasteiger partial charge < -0.3 is 15.4 Å². The number of nitrogens with two attached hydrogens (primary N) is 1. The van der Waals surface area contributed by atoms with Crippen LogP contribution in [-0.4, -0.2) is 25.6 Å². The molecule has 1 aliphatic rings. The molecule has 1 amide bonds. The molecule has 1 aliphatic heterocycles. The molecule has 86 valence electrons. The Labute approximate surface area is 102 Å². The maximum atomic E-state index is 11.8. The second-order valence-electron chi connectivity index (χ2n) is 3.73. The molecule has 5 heteroatoms. The molecular weight excluding hydrogens is 272 g/mol. The molecular formula is C11H13BrN2O2. The van der Waals surface area contributed by atoms with Gasteiger partial charge in [-0.05, 0) is 18.6 Å². The third kappa shape index (κ3) is 2.05. The van der Waals surface area contributed by atoms with Gasteiger partial charge >= 0.3 is 0 Å². The molecule has 0 bridgehead atoms. The summed E-state index contributed by atoms with van der Waals surface area (Å²) in [6.45, 7) is 0.666. The molecule has 16 heavy (non-hydrogen) atoms. The van der Waals surface area contributed by atoms with Crippen molar-refractivity contribution in [1.82, 2.24) is 0 Å². The second kappa shape index (κ2) is 4.43. The van der Waals surface area contributed by atoms with Crippen molar-refractivity contribution in [3.63, 3.8) is 0 Å². The zero-order valence-electron chi connectivity index (χ0n) is 8.94. The number of ether oxygens (including phenoxy) is 1. The Morgan fingerprint density at radius 1 is 1.50 bits per heavy atom. The van der Waals surface area contributed by atoms with Crippen LogP contribution in [0, 0.1) is 0 Å². The number of methoxy groups -OCH3 is 1. The molecule has 1 fully saturated rings. The van der Waals surface area contributed by atoms with E-state index in [1.54, 1.807) is 12.0 Å². The number of nitrogens with zero attached hydrogens (tertiary/aromatic N) is 1. The van der Waals surface area contributed by atoms with E-state index in [2.05, 4.69) is 15.9 Å².